The molecule has 0 spiro atoms. The second-order valence-corrected chi connectivity index (χ2v) is 54.4. The number of esters is 2. The van der Waals surface area contributed by atoms with Gasteiger partial charge in [-0.3, -0.25) is 14.8 Å². The summed E-state index contributed by atoms with van der Waals surface area (Å²) < 4.78 is 20.3. The number of pyridine rings is 2. The van der Waals surface area contributed by atoms with Gasteiger partial charge in [0.2, 0.25) is 0 Å². The van der Waals surface area contributed by atoms with Gasteiger partial charge in [-0.1, -0.05) is 275 Å². The number of fused-ring (bicyclic) bond motifs is 52. The first-order valence-corrected chi connectivity index (χ1v) is 53.6. The predicted octanol–water partition coefficient (Wildman–Crippen LogP) is 29.5. The van der Waals surface area contributed by atoms with Crippen LogP contribution >= 0.6 is 0 Å². The van der Waals surface area contributed by atoms with Gasteiger partial charge in [-0.15, -0.1) is 0 Å². The van der Waals surface area contributed by atoms with E-state index in [1.165, 1.54) is 75.2 Å². The lowest BCUT2D eigenvalue weighted by Gasteiger charge is -2.56. The molecule has 147 heavy (non-hydrogen) atoms. The SMILES string of the molecule is COC(=O)C12O[C@@](C(=O)OC)(C3C1C1C[C@H]3C3c4ccc5c6c(ccc(c46)C13)-c1nc3cc4nc6c7[nH]c(c(-c8cc(C(C)(C)C)cc(C(C)(C)C)c8)c8nc(c(-c9cc(C(C)(C)C)cc(C(C)(C)C)c9)c9ccc([nH]9)c(-c9cc(C(C)(C)C)cc(C(C)(C)C)c9)c9nc(c7-c7cc(C(C)(C)C)cc(C(C)(C)C)c7)C=C9)C=C8)c6nc4cc3nc1-5)C1C2C2C[C@@H]1C1C2[C@@]2(C)C(=O)[C@]1(C)c1c2c2cccnc2c2ncccc12. The fraction of sp³-hybridized carbons (Fsp3) is 0.412. The monoisotopic (exact) mass is 1940 g/mol. The number of aromatic amines is 2. The number of carbonyl (C=O) groups is 3. The molecule has 16 nitrogen and oxygen atoms in total. The van der Waals surface area contributed by atoms with Gasteiger partial charge in [-0.05, 0) is 272 Å². The number of methoxy groups -OCH3 is 2. The first-order valence-electron chi connectivity index (χ1n) is 53.6. The lowest BCUT2D eigenvalue weighted by atomic mass is 9.44. The molecule has 11 unspecified atom stereocenters. The zero-order valence-corrected chi connectivity index (χ0v) is 90.2. The Labute approximate surface area is 860 Å². The Balaban J connectivity index is 0.687. The third kappa shape index (κ3) is 12.2. The Kier molecular flexibility index (Phi) is 18.5. The second-order valence-electron chi connectivity index (χ2n) is 54.4. The number of nitrogens with zero attached hydrogens (tertiary/aromatic N) is 8. The number of hydrogen-bond acceptors (Lipinski definition) is 14. The van der Waals surface area contributed by atoms with Gasteiger partial charge < -0.3 is 24.2 Å². The molecule has 11 heterocycles. The average Bonchev–Trinajstić information content (AvgIpc) is 1.42. The predicted molar refractivity (Wildman–Crippen MR) is 593 cm³/mol. The highest BCUT2D eigenvalue weighted by atomic mass is 16.6. The van der Waals surface area contributed by atoms with Crippen molar-refractivity contribution in [2.24, 2.45) is 59.2 Å². The van der Waals surface area contributed by atoms with Gasteiger partial charge in [0.15, 0.2) is 17.0 Å². The highest BCUT2D eigenvalue weighted by molar-refractivity contribution is 6.21. The summed E-state index contributed by atoms with van der Waals surface area (Å²) in [6.07, 6.45) is 14.2. The summed E-state index contributed by atoms with van der Waals surface area (Å²) in [5.41, 5.74) is 31.2. The number of H-pyrrole nitrogens is 2. The number of rotatable bonds is 6. The molecule has 16 bridgehead atoms. The Hall–Kier alpha value is -13.1. The zero-order valence-electron chi connectivity index (χ0n) is 90.2. The first-order chi connectivity index (χ1) is 69.3. The van der Waals surface area contributed by atoms with Gasteiger partial charge >= 0.3 is 11.9 Å². The van der Waals surface area contributed by atoms with Gasteiger partial charge in [0, 0.05) is 96.6 Å². The van der Waals surface area contributed by atoms with Crippen LogP contribution < -0.4 is 0 Å². The van der Waals surface area contributed by atoms with Crippen molar-refractivity contribution in [1.82, 2.24) is 49.8 Å². The quantitative estimate of drug-likeness (QED) is 0.0686. The Morgan fingerprint density at radius 1 is 0.347 bits per heavy atom. The van der Waals surface area contributed by atoms with E-state index in [2.05, 4.69) is 348 Å². The molecule has 8 aliphatic carbocycles. The van der Waals surface area contributed by atoms with E-state index in [-0.39, 0.29) is 108 Å². The van der Waals surface area contributed by atoms with E-state index in [0.29, 0.717) is 33.1 Å². The molecule has 7 aromatic heterocycles. The Bertz CT molecular complexity index is 8250. The van der Waals surface area contributed by atoms with E-state index < -0.39 is 45.8 Å². The van der Waals surface area contributed by atoms with E-state index in [0.717, 1.165) is 163 Å². The molecule has 5 saturated carbocycles. The van der Waals surface area contributed by atoms with Crippen LogP contribution in [0, 0.1) is 59.2 Å². The minimum absolute atomic E-state index is 0.00499. The summed E-state index contributed by atoms with van der Waals surface area (Å²) in [4.78, 5) is 103. The normalized spacial score (nSPS) is 26.1. The van der Waals surface area contributed by atoms with Crippen LogP contribution in [-0.2, 0) is 82.7 Å². The number of ketones is 1. The van der Waals surface area contributed by atoms with Crippen LogP contribution in [0.5, 0.6) is 0 Å². The van der Waals surface area contributed by atoms with Gasteiger partial charge in [-0.25, -0.2) is 39.5 Å². The van der Waals surface area contributed by atoms with Crippen molar-refractivity contribution in [1.29, 1.82) is 0 Å². The van der Waals surface area contributed by atoms with Crippen LogP contribution in [0.15, 0.2) is 158 Å². The van der Waals surface area contributed by atoms with Crippen molar-refractivity contribution < 1.29 is 28.6 Å². The van der Waals surface area contributed by atoms with E-state index in [9.17, 15) is 0 Å². The van der Waals surface area contributed by atoms with Crippen molar-refractivity contribution in [3.05, 3.63) is 248 Å². The molecule has 16 heteroatoms. The number of Topliss-reactive ketones (excluding diaryl/α,β-unsaturated/α-hetero) is 1. The topological polar surface area (TPSA) is 214 Å². The summed E-state index contributed by atoms with van der Waals surface area (Å²) >= 11 is 0. The zero-order chi connectivity index (χ0) is 103. The summed E-state index contributed by atoms with van der Waals surface area (Å²) in [5, 5.41) is 4.27. The van der Waals surface area contributed by atoms with Crippen LogP contribution in [0.4, 0.5) is 0 Å². The van der Waals surface area contributed by atoms with Crippen LogP contribution in [0.3, 0.4) is 0 Å². The van der Waals surface area contributed by atoms with Crippen LogP contribution in [0.1, 0.15) is 294 Å². The molecular weight excluding hydrogens is 1810 g/mol. The molecular formula is C131H132N10O6. The fourth-order valence-electron chi connectivity index (χ4n) is 31.6. The first kappa shape index (κ1) is 92.5. The maximum absolute atomic E-state index is 16.3. The number of nitrogens with one attached hydrogen (secondary N) is 2. The third-order valence-corrected chi connectivity index (χ3v) is 38.1. The summed E-state index contributed by atoms with van der Waals surface area (Å²) in [6.45, 7) is 60.0. The van der Waals surface area contributed by atoms with Crippen LogP contribution in [0.2, 0.25) is 0 Å². The molecule has 7 fully saturated rings. The molecule has 12 aliphatic rings. The van der Waals surface area contributed by atoms with Gasteiger partial charge in [0.05, 0.1) is 103 Å². The average molecular weight is 1940 g/mol. The molecule has 742 valence electrons. The van der Waals surface area contributed by atoms with Gasteiger partial charge in [-0.2, -0.15) is 0 Å². The smallest absolute Gasteiger partial charge is 0.338 e. The van der Waals surface area contributed by atoms with Crippen molar-refractivity contribution in [3.63, 3.8) is 0 Å². The number of carbonyl (C=O) groups excluding carboxylic acids is 3. The lowest BCUT2D eigenvalue weighted by molar-refractivity contribution is -0.188. The second kappa shape index (κ2) is 29.3. The minimum atomic E-state index is -1.48. The van der Waals surface area contributed by atoms with Gasteiger partial charge in [0.1, 0.15) is 11.0 Å². The van der Waals surface area contributed by atoms with Crippen molar-refractivity contribution in [2.45, 2.75) is 270 Å². The summed E-state index contributed by atoms with van der Waals surface area (Å²) in [5.74, 6) is -2.76. The summed E-state index contributed by atoms with van der Waals surface area (Å²) in [6, 6.07) is 55.2. The largest absolute Gasteiger partial charge is 0.467 e. The fourth-order valence-corrected chi connectivity index (χ4v) is 31.6. The lowest BCUT2D eigenvalue weighted by Crippen LogP contribution is -2.64. The van der Waals surface area contributed by atoms with Crippen molar-refractivity contribution in [2.75, 3.05) is 14.2 Å². The maximum Gasteiger partial charge on any atom is 0.338 e. The molecule has 4 aliphatic heterocycles. The van der Waals surface area contributed by atoms with Crippen molar-refractivity contribution >= 4 is 130 Å². The van der Waals surface area contributed by atoms with E-state index in [4.69, 9.17) is 54.1 Å². The number of ether oxygens (including phenoxy) is 3. The van der Waals surface area contributed by atoms with Crippen LogP contribution in [0.25, 0.3) is 179 Å². The highest BCUT2D eigenvalue weighted by Crippen LogP contribution is 2.88. The Morgan fingerprint density at radius 2 is 0.660 bits per heavy atom. The minimum Gasteiger partial charge on any atom is -0.467 e. The van der Waals surface area contributed by atoms with E-state index >= 15 is 14.4 Å². The Morgan fingerprint density at radius 3 is 0.993 bits per heavy atom. The number of hydrogen-bond donors (Lipinski definition) is 2. The van der Waals surface area contributed by atoms with Crippen molar-refractivity contribution in [3.8, 4) is 67.0 Å². The summed E-state index contributed by atoms with van der Waals surface area (Å²) in [7, 11) is 3.00. The molecule has 16 atom stereocenters. The molecule has 27 rings (SSSR count). The number of aromatic nitrogens is 10. The standard InChI is InChI=1S/C131H132N10O6/c1-120(2,3)65-45-61(46-66(53-65)121(4,5)6)93-83-37-38-84(134-83)94(62-47-67(122(7,8)9)54-68(48-62)123(10,11)12)86-40-42-88(136-86)96(64-51-71(126(19,20)21)56-72(52-64)127(22,23)24)114-116-115(113(141-114)95(87-41-39-85(93)135-87)63-49-69(124(13,14)15)55-70(50-63)125(16,17)18)139-91-59-89-90(60-92(91)140-116)138-112-76-36-34-74-97-73(33-35-75(100(76)97)111(112)137-89)98-79-57-80(99(74)98)106-105(79)130(118(143)145-27)107-81-58-82(108(107)131(106,147-130)119(144)146-28)104-103(81)128(25)101-77-31-29-43-132-109(77)110-78(32-30-44-133-110)102(101)129(104,26)117(128)142/h29-56,59-60,79-82,98-99,103-108,134,141H,57-58H2,1-28H3/t79-,80?,81+,82?,98?,99?,103?,104?,105?,106?,107?,108?,128+,129-,130-,131?/m0/s1. The molecule has 0 radical (unpaired) electrons. The maximum atomic E-state index is 16.3. The molecule has 15 aromatic rings. The molecule has 8 aromatic carbocycles. The number of benzene rings is 8. The molecule has 2 saturated heterocycles. The molecule has 2 N–H and O–H groups in total. The van der Waals surface area contributed by atoms with Gasteiger partial charge in [0.25, 0.3) is 0 Å². The van der Waals surface area contributed by atoms with E-state index in [1.807, 2.05) is 24.5 Å². The third-order valence-electron chi connectivity index (χ3n) is 38.1. The highest BCUT2D eigenvalue weighted by Gasteiger charge is 2.94. The molecule has 0 amide bonds. The van der Waals surface area contributed by atoms with E-state index in [1.54, 1.807) is 0 Å². The van der Waals surface area contributed by atoms with Crippen LogP contribution in [-0.4, -0.2) is 93.0 Å².